The lowest BCUT2D eigenvalue weighted by Crippen LogP contribution is -2.21. The van der Waals surface area contributed by atoms with Crippen LogP contribution in [0.4, 0.5) is 14.5 Å². The predicted octanol–water partition coefficient (Wildman–Crippen LogP) is 4.36. The Kier molecular flexibility index (Phi) is 7.36. The van der Waals surface area contributed by atoms with E-state index in [1.54, 1.807) is 24.3 Å². The summed E-state index contributed by atoms with van der Waals surface area (Å²) in [4.78, 5) is 25.2. The summed E-state index contributed by atoms with van der Waals surface area (Å²) in [5.41, 5.74) is 1.43. The molecule has 8 heteroatoms. The number of hydrogen-bond acceptors (Lipinski definition) is 5. The quantitative estimate of drug-likeness (QED) is 0.493. The van der Waals surface area contributed by atoms with Crippen molar-refractivity contribution in [2.24, 2.45) is 0 Å². The summed E-state index contributed by atoms with van der Waals surface area (Å²) in [7, 11) is 1.84. The van der Waals surface area contributed by atoms with Gasteiger partial charge in [0.15, 0.2) is 0 Å². The van der Waals surface area contributed by atoms with E-state index in [1.807, 2.05) is 26.1 Å². The lowest BCUT2D eigenvalue weighted by Gasteiger charge is -2.13. The number of anilines is 1. The average molecular weight is 430 g/mol. The van der Waals surface area contributed by atoms with E-state index in [4.69, 9.17) is 9.15 Å². The summed E-state index contributed by atoms with van der Waals surface area (Å²) in [5.74, 6) is -0.344. The molecule has 31 heavy (non-hydrogen) atoms. The summed E-state index contributed by atoms with van der Waals surface area (Å²) in [6.07, 6.45) is -1.45. The highest BCUT2D eigenvalue weighted by molar-refractivity contribution is 6.05. The zero-order chi connectivity index (χ0) is 22.4. The fourth-order valence-corrected chi connectivity index (χ4v) is 3.27. The molecule has 2 N–H and O–H groups in total. The van der Waals surface area contributed by atoms with E-state index in [0.29, 0.717) is 36.0 Å². The van der Waals surface area contributed by atoms with Gasteiger partial charge >= 0.3 is 5.63 Å². The third kappa shape index (κ3) is 5.46. The van der Waals surface area contributed by atoms with Crippen molar-refractivity contribution in [1.29, 1.82) is 0 Å². The number of alkyl halides is 2. The molecule has 0 saturated heterocycles. The highest BCUT2D eigenvalue weighted by Gasteiger charge is 2.18. The molecule has 0 aliphatic carbocycles. The molecule has 1 aromatic heterocycles. The average Bonchev–Trinajstić information content (AvgIpc) is 2.74. The predicted molar refractivity (Wildman–Crippen MR) is 115 cm³/mol. The van der Waals surface area contributed by atoms with Crippen LogP contribution in [0.15, 0.2) is 51.7 Å². The van der Waals surface area contributed by atoms with Crippen LogP contribution in [0.2, 0.25) is 0 Å². The second-order valence-electron chi connectivity index (χ2n) is 7.04. The van der Waals surface area contributed by atoms with Crippen LogP contribution in [0.1, 0.15) is 34.8 Å². The number of benzene rings is 2. The highest BCUT2D eigenvalue weighted by Crippen LogP contribution is 2.29. The first-order valence-corrected chi connectivity index (χ1v) is 9.98. The van der Waals surface area contributed by atoms with Gasteiger partial charge in [0.2, 0.25) is 0 Å². The van der Waals surface area contributed by atoms with Crippen molar-refractivity contribution in [2.45, 2.75) is 32.7 Å². The second kappa shape index (κ2) is 10.2. The van der Waals surface area contributed by atoms with Gasteiger partial charge in [0.25, 0.3) is 12.3 Å². The molecule has 0 radical (unpaired) electrons. The standard InChI is InChI=1S/C23H24F2N2O4/c1-3-4-17-19(30-13-20(24)25)10-7-15-11-18(23(29)31-21(15)17)22(28)27-16-8-5-14(6-9-16)12-26-2/h5-11,20,26H,3-4,12-13H2,1-2H3,(H,27,28). The Bertz CT molecular complexity index is 1110. The molecule has 164 valence electrons. The third-order valence-corrected chi connectivity index (χ3v) is 4.66. The molecule has 3 aromatic rings. The summed E-state index contributed by atoms with van der Waals surface area (Å²) < 4.78 is 35.7. The minimum absolute atomic E-state index is 0.143. The van der Waals surface area contributed by atoms with Crippen molar-refractivity contribution in [3.8, 4) is 5.75 Å². The Morgan fingerprint density at radius 2 is 1.90 bits per heavy atom. The van der Waals surface area contributed by atoms with E-state index in [-0.39, 0.29) is 16.9 Å². The molecule has 0 spiro atoms. The lowest BCUT2D eigenvalue weighted by molar-refractivity contribution is 0.0814. The Balaban J connectivity index is 1.91. The lowest BCUT2D eigenvalue weighted by atomic mass is 10.0. The van der Waals surface area contributed by atoms with Gasteiger partial charge in [-0.05, 0) is 49.4 Å². The van der Waals surface area contributed by atoms with E-state index in [2.05, 4.69) is 10.6 Å². The largest absolute Gasteiger partial charge is 0.487 e. The number of aryl methyl sites for hydroxylation is 1. The number of hydrogen-bond donors (Lipinski definition) is 2. The van der Waals surface area contributed by atoms with Crippen LogP contribution in [0.25, 0.3) is 11.0 Å². The zero-order valence-corrected chi connectivity index (χ0v) is 17.3. The molecule has 0 bridgehead atoms. The van der Waals surface area contributed by atoms with Gasteiger partial charge in [0, 0.05) is 23.2 Å². The first-order valence-electron chi connectivity index (χ1n) is 9.98. The molecule has 3 rings (SSSR count). The van der Waals surface area contributed by atoms with Crippen molar-refractivity contribution < 1.29 is 22.7 Å². The number of nitrogens with one attached hydrogen (secondary N) is 2. The smallest absolute Gasteiger partial charge is 0.349 e. The number of carbonyl (C=O) groups is 1. The fourth-order valence-electron chi connectivity index (χ4n) is 3.27. The van der Waals surface area contributed by atoms with Crippen molar-refractivity contribution in [1.82, 2.24) is 5.32 Å². The topological polar surface area (TPSA) is 80.6 Å². The van der Waals surface area contributed by atoms with E-state index in [0.717, 1.165) is 5.56 Å². The summed E-state index contributed by atoms with van der Waals surface area (Å²) >= 11 is 0. The van der Waals surface area contributed by atoms with Crippen LogP contribution in [-0.4, -0.2) is 26.0 Å². The van der Waals surface area contributed by atoms with Gasteiger partial charge in [-0.3, -0.25) is 4.79 Å². The first-order chi connectivity index (χ1) is 14.9. The highest BCUT2D eigenvalue weighted by atomic mass is 19.3. The van der Waals surface area contributed by atoms with Gasteiger partial charge < -0.3 is 19.8 Å². The molecule has 0 aliphatic heterocycles. The van der Waals surface area contributed by atoms with E-state index in [9.17, 15) is 18.4 Å². The van der Waals surface area contributed by atoms with Gasteiger partial charge in [-0.15, -0.1) is 0 Å². The maximum atomic E-state index is 12.7. The molecular formula is C23H24F2N2O4. The number of amides is 1. The molecule has 0 unspecified atom stereocenters. The van der Waals surface area contributed by atoms with Gasteiger partial charge in [-0.2, -0.15) is 0 Å². The number of carbonyl (C=O) groups excluding carboxylic acids is 1. The minimum atomic E-state index is -2.62. The summed E-state index contributed by atoms with van der Waals surface area (Å²) in [5, 5.41) is 6.24. The van der Waals surface area contributed by atoms with Crippen molar-refractivity contribution >= 4 is 22.6 Å². The molecule has 6 nitrogen and oxygen atoms in total. The van der Waals surface area contributed by atoms with Gasteiger partial charge in [0.05, 0.1) is 0 Å². The van der Waals surface area contributed by atoms with Crippen molar-refractivity contribution in [3.63, 3.8) is 0 Å². The van der Waals surface area contributed by atoms with Crippen LogP contribution >= 0.6 is 0 Å². The first kappa shape index (κ1) is 22.4. The van der Waals surface area contributed by atoms with E-state index in [1.165, 1.54) is 6.07 Å². The molecule has 2 aromatic carbocycles. The summed E-state index contributed by atoms with van der Waals surface area (Å²) in [6, 6.07) is 11.8. The van der Waals surface area contributed by atoms with Crippen LogP contribution in [0, 0.1) is 0 Å². The second-order valence-corrected chi connectivity index (χ2v) is 7.04. The van der Waals surface area contributed by atoms with Crippen LogP contribution in [0.3, 0.4) is 0 Å². The number of halogens is 2. The Morgan fingerprint density at radius 3 is 2.55 bits per heavy atom. The zero-order valence-electron chi connectivity index (χ0n) is 17.3. The van der Waals surface area contributed by atoms with Gasteiger partial charge in [-0.1, -0.05) is 25.5 Å². The fraction of sp³-hybridized carbons (Fsp3) is 0.304. The maximum absolute atomic E-state index is 12.7. The van der Waals surface area contributed by atoms with Crippen molar-refractivity contribution in [3.05, 3.63) is 69.6 Å². The molecular weight excluding hydrogens is 406 g/mol. The minimum Gasteiger partial charge on any atom is -0.487 e. The molecule has 1 heterocycles. The number of rotatable bonds is 9. The van der Waals surface area contributed by atoms with Crippen molar-refractivity contribution in [2.75, 3.05) is 19.0 Å². The molecule has 0 atom stereocenters. The number of fused-ring (bicyclic) bond motifs is 1. The Labute approximate surface area is 178 Å². The van der Waals surface area contributed by atoms with Crippen LogP contribution < -0.4 is 21.0 Å². The number of ether oxygens (including phenoxy) is 1. The van der Waals surface area contributed by atoms with Gasteiger partial charge in [0.1, 0.15) is 23.5 Å². The van der Waals surface area contributed by atoms with Crippen LogP contribution in [-0.2, 0) is 13.0 Å². The van der Waals surface area contributed by atoms with E-state index < -0.39 is 24.6 Å². The monoisotopic (exact) mass is 430 g/mol. The SMILES string of the molecule is CCCc1c(OCC(F)F)ccc2cc(C(=O)Nc3ccc(CNC)cc3)c(=O)oc12. The summed E-state index contributed by atoms with van der Waals surface area (Å²) in [6.45, 7) is 1.86. The third-order valence-electron chi connectivity index (χ3n) is 4.66. The van der Waals surface area contributed by atoms with Crippen LogP contribution in [0.5, 0.6) is 5.75 Å². The molecule has 0 fully saturated rings. The van der Waals surface area contributed by atoms with E-state index >= 15 is 0 Å². The molecule has 0 saturated carbocycles. The maximum Gasteiger partial charge on any atom is 0.349 e. The normalized spacial score (nSPS) is 11.1. The van der Waals surface area contributed by atoms with Gasteiger partial charge in [-0.25, -0.2) is 13.6 Å². The molecule has 1 amide bonds. The molecule has 0 aliphatic rings. The Morgan fingerprint density at radius 1 is 1.16 bits per heavy atom. The Hall–Kier alpha value is -3.26.